The second kappa shape index (κ2) is 12.8. The Kier molecular flexibility index (Phi) is 8.78. The van der Waals surface area contributed by atoms with Gasteiger partial charge in [-0.2, -0.15) is 0 Å². The van der Waals surface area contributed by atoms with Gasteiger partial charge in [-0.25, -0.2) is 23.5 Å². The fraction of sp³-hybridized carbons (Fsp3) is 0.103. The number of rotatable bonds is 9. The van der Waals surface area contributed by atoms with E-state index < -0.39 is 23.6 Å². The van der Waals surface area contributed by atoms with Crippen LogP contribution < -0.4 is 32.2 Å². The van der Waals surface area contributed by atoms with Crippen LogP contribution in [0.4, 0.5) is 35.9 Å². The van der Waals surface area contributed by atoms with Crippen molar-refractivity contribution >= 4 is 56.9 Å². The molecule has 0 aliphatic heterocycles. The van der Waals surface area contributed by atoms with Gasteiger partial charge in [-0.3, -0.25) is 10.1 Å². The third-order valence-corrected chi connectivity index (χ3v) is 8.15. The summed E-state index contributed by atoms with van der Waals surface area (Å²) in [6.07, 6.45) is 0.618. The Morgan fingerprint density at radius 1 is 0.977 bits per heavy atom. The lowest BCUT2D eigenvalue weighted by molar-refractivity contribution is 0.102. The van der Waals surface area contributed by atoms with E-state index in [4.69, 9.17) is 16.2 Å². The van der Waals surface area contributed by atoms with Crippen molar-refractivity contribution in [2.24, 2.45) is 0 Å². The van der Waals surface area contributed by atoms with E-state index in [1.807, 2.05) is 12.1 Å². The molecule has 0 unspecified atom stereocenters. The average molecular weight is 622 g/mol. The molecular formula is C29H25F2N7O3S2. The van der Waals surface area contributed by atoms with Crippen LogP contribution in [0.3, 0.4) is 0 Å². The van der Waals surface area contributed by atoms with E-state index in [0.717, 1.165) is 16.9 Å². The summed E-state index contributed by atoms with van der Waals surface area (Å²) in [6, 6.07) is 15.1. The normalized spacial score (nSPS) is 10.8. The highest BCUT2D eigenvalue weighted by Crippen LogP contribution is 2.39. The number of anilines is 4. The minimum atomic E-state index is -0.942. The number of thiazole rings is 2. The largest absolute Gasteiger partial charge is 0.497 e. The highest BCUT2D eigenvalue weighted by molar-refractivity contribution is 7.23. The number of hydrogen-bond donors (Lipinski definition) is 5. The van der Waals surface area contributed by atoms with E-state index in [2.05, 4.69) is 25.9 Å². The van der Waals surface area contributed by atoms with E-state index in [1.54, 1.807) is 35.7 Å². The van der Waals surface area contributed by atoms with Gasteiger partial charge < -0.3 is 26.8 Å². The van der Waals surface area contributed by atoms with Crippen LogP contribution in [0.15, 0.2) is 66.0 Å². The molecule has 3 aromatic carbocycles. The van der Waals surface area contributed by atoms with Gasteiger partial charge in [-0.1, -0.05) is 29.5 Å². The lowest BCUT2D eigenvalue weighted by Crippen LogP contribution is -2.30. The van der Waals surface area contributed by atoms with Crippen molar-refractivity contribution in [3.8, 4) is 26.9 Å². The maximum atomic E-state index is 14.8. The number of carbonyl (C=O) groups is 2. The summed E-state index contributed by atoms with van der Waals surface area (Å²) in [4.78, 5) is 34.2. The molecule has 0 aliphatic rings. The maximum absolute atomic E-state index is 14.8. The average Bonchev–Trinajstić information content (AvgIpc) is 3.61. The number of hydrogen-bond acceptors (Lipinski definition) is 9. The number of carbonyl (C=O) groups excluding carboxylic acids is 2. The lowest BCUT2D eigenvalue weighted by atomic mass is 10.1. The van der Waals surface area contributed by atoms with Gasteiger partial charge in [0.05, 0.1) is 18.5 Å². The molecule has 0 spiro atoms. The third kappa shape index (κ3) is 7.05. The third-order valence-electron chi connectivity index (χ3n) is 6.16. The van der Waals surface area contributed by atoms with Crippen LogP contribution in [0.5, 0.6) is 5.75 Å². The quantitative estimate of drug-likeness (QED) is 0.126. The number of nitrogen functional groups attached to an aromatic ring is 2. The van der Waals surface area contributed by atoms with Crippen LogP contribution in [-0.4, -0.2) is 35.6 Å². The minimum Gasteiger partial charge on any atom is -0.497 e. The molecule has 0 saturated carbocycles. The van der Waals surface area contributed by atoms with Gasteiger partial charge in [0.2, 0.25) is 0 Å². The zero-order valence-corrected chi connectivity index (χ0v) is 24.2. The maximum Gasteiger partial charge on any atom is 0.321 e. The topological polar surface area (TPSA) is 157 Å². The molecule has 7 N–H and O–H groups in total. The van der Waals surface area contributed by atoms with E-state index in [1.165, 1.54) is 30.6 Å². The highest BCUT2D eigenvalue weighted by atomic mass is 32.1. The molecule has 0 saturated heterocycles. The number of nitrogens with zero attached hydrogens (tertiary/aromatic N) is 2. The number of aromatic nitrogens is 2. The van der Waals surface area contributed by atoms with Gasteiger partial charge in [0.15, 0.2) is 5.13 Å². The van der Waals surface area contributed by atoms with E-state index in [0.29, 0.717) is 40.4 Å². The molecule has 5 rings (SSSR count). The fourth-order valence-electron chi connectivity index (χ4n) is 3.99. The first kappa shape index (κ1) is 29.4. The summed E-state index contributed by atoms with van der Waals surface area (Å²) in [7, 11) is 1.46. The second-order valence-electron chi connectivity index (χ2n) is 9.14. The number of nitrogens with one attached hydrogen (secondary N) is 3. The molecule has 0 radical (unpaired) electrons. The van der Waals surface area contributed by atoms with E-state index in [9.17, 15) is 18.4 Å². The molecule has 3 amide bonds. The molecule has 14 heteroatoms. The van der Waals surface area contributed by atoms with Gasteiger partial charge >= 0.3 is 6.03 Å². The summed E-state index contributed by atoms with van der Waals surface area (Å²) in [5, 5.41) is 10.1. The van der Waals surface area contributed by atoms with E-state index in [-0.39, 0.29) is 33.5 Å². The Morgan fingerprint density at radius 3 is 2.53 bits per heavy atom. The van der Waals surface area contributed by atoms with Gasteiger partial charge in [0.1, 0.15) is 33.1 Å². The molecular weight excluding hydrogens is 596 g/mol. The molecule has 220 valence electrons. The Bertz CT molecular complexity index is 1790. The van der Waals surface area contributed by atoms with Crippen molar-refractivity contribution in [1.29, 1.82) is 0 Å². The number of nitrogens with two attached hydrogens (primary N) is 2. The van der Waals surface area contributed by atoms with Gasteiger partial charge in [-0.05, 0) is 48.4 Å². The Labute approximate surface area is 252 Å². The van der Waals surface area contributed by atoms with Crippen LogP contribution in [0, 0.1) is 11.6 Å². The van der Waals surface area contributed by atoms with Crippen molar-refractivity contribution in [2.75, 3.05) is 35.8 Å². The molecule has 0 fully saturated rings. The van der Waals surface area contributed by atoms with Crippen LogP contribution in [0.1, 0.15) is 15.9 Å². The van der Waals surface area contributed by atoms with Crippen molar-refractivity contribution in [2.45, 2.75) is 6.42 Å². The first-order valence-electron chi connectivity index (χ1n) is 12.8. The van der Waals surface area contributed by atoms with Gasteiger partial charge in [0, 0.05) is 34.8 Å². The van der Waals surface area contributed by atoms with Crippen LogP contribution in [0.25, 0.3) is 21.1 Å². The molecule has 43 heavy (non-hydrogen) atoms. The van der Waals surface area contributed by atoms with Crippen molar-refractivity contribution < 1.29 is 23.1 Å². The SMILES string of the molecule is COc1cccc(C(=O)Nc2cc(-c3csc(-c4sc(NC(=O)NCCc5ccc(N)cc5)nc4N)n3)c(F)cc2F)c1. The molecule has 2 heterocycles. The zero-order chi connectivity index (χ0) is 30.5. The summed E-state index contributed by atoms with van der Waals surface area (Å²) in [5.74, 6) is -1.81. The fourth-order valence-corrected chi connectivity index (χ4v) is 5.79. The summed E-state index contributed by atoms with van der Waals surface area (Å²) >= 11 is 2.28. The van der Waals surface area contributed by atoms with Gasteiger partial charge in [0.25, 0.3) is 5.91 Å². The molecule has 0 aliphatic carbocycles. The second-order valence-corrected chi connectivity index (χ2v) is 11.0. The monoisotopic (exact) mass is 621 g/mol. The Hall–Kier alpha value is -5.08. The number of halogens is 2. The molecule has 0 atom stereocenters. The predicted octanol–water partition coefficient (Wildman–Crippen LogP) is 6.00. The van der Waals surface area contributed by atoms with Crippen molar-refractivity contribution in [3.63, 3.8) is 0 Å². The highest BCUT2D eigenvalue weighted by Gasteiger charge is 2.20. The Morgan fingerprint density at radius 2 is 1.77 bits per heavy atom. The Balaban J connectivity index is 1.27. The molecule has 5 aromatic rings. The van der Waals surface area contributed by atoms with Crippen LogP contribution in [0.2, 0.25) is 0 Å². The predicted molar refractivity (Wildman–Crippen MR) is 166 cm³/mol. The van der Waals surface area contributed by atoms with Crippen LogP contribution in [-0.2, 0) is 6.42 Å². The number of benzene rings is 3. The van der Waals surface area contributed by atoms with Crippen LogP contribution >= 0.6 is 22.7 Å². The zero-order valence-electron chi connectivity index (χ0n) is 22.6. The number of amides is 3. The van der Waals surface area contributed by atoms with E-state index >= 15 is 0 Å². The first-order chi connectivity index (χ1) is 20.7. The van der Waals surface area contributed by atoms with Crippen molar-refractivity contribution in [3.05, 3.63) is 88.8 Å². The van der Waals surface area contributed by atoms with Gasteiger partial charge in [-0.15, -0.1) is 11.3 Å². The number of urea groups is 1. The smallest absolute Gasteiger partial charge is 0.321 e. The summed E-state index contributed by atoms with van der Waals surface area (Å²) in [5.41, 5.74) is 13.7. The molecule has 10 nitrogen and oxygen atoms in total. The van der Waals surface area contributed by atoms with Crippen molar-refractivity contribution in [1.82, 2.24) is 15.3 Å². The molecule has 0 bridgehead atoms. The number of methoxy groups -OCH3 is 1. The minimum absolute atomic E-state index is 0.0215. The summed E-state index contributed by atoms with van der Waals surface area (Å²) < 4.78 is 34.6. The lowest BCUT2D eigenvalue weighted by Gasteiger charge is -2.10. The molecule has 2 aromatic heterocycles. The standard InChI is InChI=1S/C29H25F2N7O3S2/c1-41-18-4-2-3-16(11-18)26(39)35-22-12-19(20(30)13-21(22)31)23-14-42-27(36-23)24-25(33)37-29(43-24)38-28(40)34-10-9-15-5-7-17(32)8-6-15/h2-8,11-14H,9-10,32-33H2,1H3,(H,35,39)(H2,34,37,38,40). The summed E-state index contributed by atoms with van der Waals surface area (Å²) in [6.45, 7) is 0.393. The first-order valence-corrected chi connectivity index (χ1v) is 14.5. The number of ether oxygens (including phenoxy) is 1.